The third-order valence-electron chi connectivity index (χ3n) is 2.55. The molecule has 0 saturated carbocycles. The first kappa shape index (κ1) is 16.2. The van der Waals surface area contributed by atoms with Crippen molar-refractivity contribution in [3.05, 3.63) is 0 Å². The molecule has 0 saturated heterocycles. The van der Waals surface area contributed by atoms with E-state index in [-0.39, 0.29) is 10.1 Å². The largest absolute Gasteiger partial charge is 0.484 e. The van der Waals surface area contributed by atoms with Gasteiger partial charge in [-0.3, -0.25) is 9.59 Å². The van der Waals surface area contributed by atoms with Crippen molar-refractivity contribution in [1.29, 1.82) is 0 Å². The molecule has 0 spiro atoms. The fraction of sp³-hybridized carbons (Fsp3) is 0.833. The van der Waals surface area contributed by atoms with Gasteiger partial charge >= 0.3 is 8.56 Å². The summed E-state index contributed by atoms with van der Waals surface area (Å²) in [4.78, 5) is 22.7. The SMILES string of the molecule is CC(=O)O[Si](OC(C)=O)(C(C)(C)C)C(C)(C)C. The smallest absolute Gasteiger partial charge is 0.475 e. The molecule has 0 aliphatic carbocycles. The summed E-state index contributed by atoms with van der Waals surface area (Å²) in [6.45, 7) is 14.3. The van der Waals surface area contributed by atoms with Crippen LogP contribution in [-0.2, 0) is 18.4 Å². The molecule has 0 atom stereocenters. The summed E-state index contributed by atoms with van der Waals surface area (Å²) < 4.78 is 11.1. The monoisotopic (exact) mass is 260 g/mol. The van der Waals surface area contributed by atoms with Crippen molar-refractivity contribution >= 4 is 20.5 Å². The molecule has 0 heterocycles. The Morgan fingerprint density at radius 1 is 0.765 bits per heavy atom. The van der Waals surface area contributed by atoms with Crippen molar-refractivity contribution in [2.45, 2.75) is 65.5 Å². The summed E-state index contributed by atoms with van der Waals surface area (Å²) in [5, 5.41) is -0.773. The molecule has 0 unspecified atom stereocenters. The molecule has 0 N–H and O–H groups in total. The van der Waals surface area contributed by atoms with Gasteiger partial charge in [0.25, 0.3) is 11.9 Å². The molecule has 0 rings (SSSR count). The van der Waals surface area contributed by atoms with Crippen molar-refractivity contribution in [1.82, 2.24) is 0 Å². The van der Waals surface area contributed by atoms with E-state index in [9.17, 15) is 9.59 Å². The van der Waals surface area contributed by atoms with Gasteiger partial charge in [-0.15, -0.1) is 0 Å². The van der Waals surface area contributed by atoms with Crippen LogP contribution in [0.3, 0.4) is 0 Å². The van der Waals surface area contributed by atoms with Crippen molar-refractivity contribution in [3.63, 3.8) is 0 Å². The quantitative estimate of drug-likeness (QED) is 0.716. The van der Waals surface area contributed by atoms with E-state index in [1.54, 1.807) is 0 Å². The van der Waals surface area contributed by atoms with E-state index < -0.39 is 20.5 Å². The Morgan fingerprint density at radius 3 is 1.12 bits per heavy atom. The minimum absolute atomic E-state index is 0.386. The minimum Gasteiger partial charge on any atom is -0.484 e. The number of carbonyl (C=O) groups excluding carboxylic acids is 2. The van der Waals surface area contributed by atoms with Gasteiger partial charge in [0.1, 0.15) is 0 Å². The third kappa shape index (κ3) is 3.56. The molecule has 0 aromatic heterocycles. The van der Waals surface area contributed by atoms with E-state index in [0.717, 1.165) is 0 Å². The van der Waals surface area contributed by atoms with Crippen molar-refractivity contribution < 1.29 is 18.4 Å². The normalized spacial score (nSPS) is 13.2. The van der Waals surface area contributed by atoms with Crippen LogP contribution in [0.1, 0.15) is 55.4 Å². The van der Waals surface area contributed by atoms with Crippen LogP contribution in [0.4, 0.5) is 0 Å². The van der Waals surface area contributed by atoms with Gasteiger partial charge in [-0.2, -0.15) is 0 Å². The molecule has 0 bridgehead atoms. The van der Waals surface area contributed by atoms with Gasteiger partial charge in [0.15, 0.2) is 0 Å². The molecule has 0 aromatic rings. The second kappa shape index (κ2) is 4.80. The fourth-order valence-electron chi connectivity index (χ4n) is 2.16. The van der Waals surface area contributed by atoms with Crippen LogP contribution in [0.2, 0.25) is 10.1 Å². The second-order valence-electron chi connectivity index (χ2n) is 6.30. The highest BCUT2D eigenvalue weighted by Crippen LogP contribution is 2.52. The molecule has 17 heavy (non-hydrogen) atoms. The summed E-state index contributed by atoms with van der Waals surface area (Å²) in [6, 6.07) is 0. The van der Waals surface area contributed by atoms with E-state index >= 15 is 0 Å². The van der Waals surface area contributed by atoms with E-state index in [1.807, 2.05) is 41.5 Å². The van der Waals surface area contributed by atoms with E-state index in [2.05, 4.69) is 0 Å². The van der Waals surface area contributed by atoms with Crippen LogP contribution < -0.4 is 0 Å². The van der Waals surface area contributed by atoms with Crippen LogP contribution in [0.5, 0.6) is 0 Å². The number of hydrogen-bond donors (Lipinski definition) is 0. The molecule has 0 radical (unpaired) electrons. The lowest BCUT2D eigenvalue weighted by molar-refractivity contribution is -0.140. The summed E-state index contributed by atoms with van der Waals surface area (Å²) in [5.41, 5.74) is 0. The maximum absolute atomic E-state index is 11.4. The Labute approximate surface area is 105 Å². The van der Waals surface area contributed by atoms with Crippen LogP contribution in [0.15, 0.2) is 0 Å². The van der Waals surface area contributed by atoms with Gasteiger partial charge in [0.05, 0.1) is 0 Å². The third-order valence-corrected chi connectivity index (χ3v) is 7.65. The molecule has 100 valence electrons. The van der Waals surface area contributed by atoms with Gasteiger partial charge < -0.3 is 8.85 Å². The van der Waals surface area contributed by atoms with Gasteiger partial charge in [0.2, 0.25) is 0 Å². The van der Waals surface area contributed by atoms with Crippen LogP contribution in [-0.4, -0.2) is 20.5 Å². The van der Waals surface area contributed by atoms with Gasteiger partial charge in [0, 0.05) is 23.9 Å². The average molecular weight is 260 g/mol. The highest BCUT2D eigenvalue weighted by molar-refractivity contribution is 6.76. The van der Waals surface area contributed by atoms with Crippen molar-refractivity contribution in [3.8, 4) is 0 Å². The lowest BCUT2D eigenvalue weighted by atomic mass is 10.2. The number of hydrogen-bond acceptors (Lipinski definition) is 4. The summed E-state index contributed by atoms with van der Waals surface area (Å²) in [5.74, 6) is -0.800. The van der Waals surface area contributed by atoms with Crippen LogP contribution in [0.25, 0.3) is 0 Å². The first-order valence-electron chi connectivity index (χ1n) is 5.72. The standard InChI is InChI=1S/C12H24O4Si/c1-9(13)15-17(11(3,4)5,12(6,7)8)16-10(2)14/h1-8H3. The Bertz CT molecular complexity index is 277. The van der Waals surface area contributed by atoms with Gasteiger partial charge in [-0.05, 0) is 0 Å². The minimum atomic E-state index is -3.02. The topological polar surface area (TPSA) is 52.6 Å². The first-order chi connectivity index (χ1) is 7.33. The first-order valence-corrected chi connectivity index (χ1v) is 7.54. The van der Waals surface area contributed by atoms with Crippen molar-refractivity contribution in [2.75, 3.05) is 0 Å². The number of rotatable bonds is 2. The lowest BCUT2D eigenvalue weighted by Gasteiger charge is -2.46. The van der Waals surface area contributed by atoms with E-state index in [0.29, 0.717) is 0 Å². The zero-order valence-electron chi connectivity index (χ0n) is 12.1. The maximum Gasteiger partial charge on any atom is 0.475 e. The highest BCUT2D eigenvalue weighted by Gasteiger charge is 2.63. The Kier molecular flexibility index (Phi) is 4.56. The Hall–Kier alpha value is -0.843. The summed E-state index contributed by atoms with van der Waals surface area (Å²) in [6.07, 6.45) is 0. The zero-order chi connectivity index (χ0) is 14.1. The average Bonchev–Trinajstić information content (AvgIpc) is 1.96. The zero-order valence-corrected chi connectivity index (χ0v) is 13.1. The molecular weight excluding hydrogens is 236 g/mol. The van der Waals surface area contributed by atoms with Crippen LogP contribution >= 0.6 is 0 Å². The molecule has 0 aromatic carbocycles. The molecule has 0 amide bonds. The lowest BCUT2D eigenvalue weighted by Crippen LogP contribution is -2.58. The predicted molar refractivity (Wildman–Crippen MR) is 68.7 cm³/mol. The Balaban J connectivity index is 5.71. The molecule has 5 heteroatoms. The fourth-order valence-corrected chi connectivity index (χ4v) is 6.49. The maximum atomic E-state index is 11.4. The predicted octanol–water partition coefficient (Wildman–Crippen LogP) is 3.16. The summed E-state index contributed by atoms with van der Waals surface area (Å²) >= 11 is 0. The van der Waals surface area contributed by atoms with Crippen molar-refractivity contribution in [2.24, 2.45) is 0 Å². The highest BCUT2D eigenvalue weighted by atomic mass is 28.4. The van der Waals surface area contributed by atoms with Gasteiger partial charge in [-0.1, -0.05) is 41.5 Å². The second-order valence-corrected chi connectivity index (χ2v) is 10.9. The molecule has 4 nitrogen and oxygen atoms in total. The van der Waals surface area contributed by atoms with Gasteiger partial charge in [-0.25, -0.2) is 0 Å². The van der Waals surface area contributed by atoms with Crippen LogP contribution in [0, 0.1) is 0 Å². The van der Waals surface area contributed by atoms with E-state index in [1.165, 1.54) is 13.8 Å². The molecular formula is C12H24O4Si. The Morgan fingerprint density at radius 2 is 1.00 bits per heavy atom. The summed E-state index contributed by atoms with van der Waals surface area (Å²) in [7, 11) is -3.02. The molecule has 0 aliphatic rings. The number of carbonyl (C=O) groups is 2. The van der Waals surface area contributed by atoms with E-state index in [4.69, 9.17) is 8.85 Å². The molecule has 0 aliphatic heterocycles. The molecule has 0 fully saturated rings.